The Morgan fingerprint density at radius 1 is 1.39 bits per heavy atom. The maximum absolute atomic E-state index is 12.3. The highest BCUT2D eigenvalue weighted by Gasteiger charge is 2.30. The normalized spacial score (nSPS) is 12.6. The van der Waals surface area contributed by atoms with E-state index in [1.165, 1.54) is 0 Å². The third-order valence-corrected chi connectivity index (χ3v) is 2.17. The van der Waals surface area contributed by atoms with Crippen molar-refractivity contribution in [3.63, 3.8) is 0 Å². The van der Waals surface area contributed by atoms with Gasteiger partial charge in [-0.3, -0.25) is 0 Å². The summed E-state index contributed by atoms with van der Waals surface area (Å²) in [5, 5.41) is 11.4. The van der Waals surface area contributed by atoms with Crippen LogP contribution in [0.15, 0.2) is 24.3 Å². The van der Waals surface area contributed by atoms with Gasteiger partial charge < -0.3 is 10.4 Å². The molecule has 3 nitrogen and oxygen atoms in total. The maximum Gasteiger partial charge on any atom is 0.416 e. The average Bonchev–Trinajstić information content (AvgIpc) is 2.28. The Kier molecular flexibility index (Phi) is 4.21. The van der Waals surface area contributed by atoms with Crippen molar-refractivity contribution < 1.29 is 23.1 Å². The molecule has 96 valence electrons. The topological polar surface area (TPSA) is 49.3 Å². The number of benzene rings is 1. The minimum Gasteiger partial charge on any atom is -0.480 e. The van der Waals surface area contributed by atoms with E-state index in [-0.39, 0.29) is 12.1 Å². The summed E-state index contributed by atoms with van der Waals surface area (Å²) in [4.78, 5) is 10.8. The van der Waals surface area contributed by atoms with E-state index in [1.54, 1.807) is 0 Å². The molecular formula is C12H10F3NO2. The Hall–Kier alpha value is -2.16. The van der Waals surface area contributed by atoms with E-state index < -0.39 is 23.8 Å². The van der Waals surface area contributed by atoms with Crippen LogP contribution in [-0.4, -0.2) is 17.1 Å². The smallest absolute Gasteiger partial charge is 0.416 e. The third-order valence-electron chi connectivity index (χ3n) is 2.17. The zero-order valence-electron chi connectivity index (χ0n) is 9.16. The predicted molar refractivity (Wildman–Crippen MR) is 59.9 cm³/mol. The van der Waals surface area contributed by atoms with Gasteiger partial charge in [0.05, 0.1) is 5.56 Å². The van der Waals surface area contributed by atoms with Crippen molar-refractivity contribution in [1.29, 1.82) is 0 Å². The number of carboxylic acids is 1. The number of anilines is 1. The number of carbonyl (C=O) groups is 1. The molecule has 0 spiro atoms. The summed E-state index contributed by atoms with van der Waals surface area (Å²) >= 11 is 0. The first-order valence-electron chi connectivity index (χ1n) is 4.94. The minimum absolute atomic E-state index is 0.0592. The van der Waals surface area contributed by atoms with Crippen LogP contribution in [0.2, 0.25) is 0 Å². The van der Waals surface area contributed by atoms with Gasteiger partial charge in [0.15, 0.2) is 0 Å². The lowest BCUT2D eigenvalue weighted by Gasteiger charge is -2.14. The molecule has 18 heavy (non-hydrogen) atoms. The van der Waals surface area contributed by atoms with Crippen molar-refractivity contribution in [3.8, 4) is 12.3 Å². The zero-order chi connectivity index (χ0) is 13.8. The summed E-state index contributed by atoms with van der Waals surface area (Å²) in [7, 11) is 0. The second kappa shape index (κ2) is 5.45. The molecule has 6 heteroatoms. The number of halogens is 3. The summed E-state index contributed by atoms with van der Waals surface area (Å²) in [6.07, 6.45) is 0.528. The van der Waals surface area contributed by atoms with Gasteiger partial charge in [-0.2, -0.15) is 13.2 Å². The molecule has 1 atom stereocenters. The van der Waals surface area contributed by atoms with Crippen LogP contribution in [0.1, 0.15) is 12.0 Å². The summed E-state index contributed by atoms with van der Waals surface area (Å²) in [6, 6.07) is 3.05. The van der Waals surface area contributed by atoms with Crippen LogP contribution in [-0.2, 0) is 11.0 Å². The van der Waals surface area contributed by atoms with Crippen LogP contribution < -0.4 is 5.32 Å². The highest BCUT2D eigenvalue weighted by molar-refractivity contribution is 5.77. The standard InChI is InChI=1S/C12H10F3NO2/c1-2-3-10(11(17)18)16-9-6-4-8(5-7-9)12(13,14)15/h1,4-7,10,16H,3H2,(H,17,18). The first-order valence-corrected chi connectivity index (χ1v) is 4.94. The number of nitrogens with one attached hydrogen (secondary N) is 1. The van der Waals surface area contributed by atoms with Gasteiger partial charge in [-0.25, -0.2) is 4.79 Å². The van der Waals surface area contributed by atoms with Gasteiger partial charge in [-0.1, -0.05) is 0 Å². The molecule has 1 rings (SSSR count). The molecule has 0 aromatic heterocycles. The van der Waals surface area contributed by atoms with Gasteiger partial charge in [0.25, 0.3) is 0 Å². The van der Waals surface area contributed by atoms with Gasteiger partial charge >= 0.3 is 12.1 Å². The highest BCUT2D eigenvalue weighted by atomic mass is 19.4. The summed E-state index contributed by atoms with van der Waals surface area (Å²) < 4.78 is 36.9. The highest BCUT2D eigenvalue weighted by Crippen LogP contribution is 2.29. The van der Waals surface area contributed by atoms with E-state index in [4.69, 9.17) is 11.5 Å². The lowest BCUT2D eigenvalue weighted by molar-refractivity contribution is -0.138. The number of terminal acetylenes is 1. The average molecular weight is 257 g/mol. The number of alkyl halides is 3. The van der Waals surface area contributed by atoms with Crippen LogP contribution >= 0.6 is 0 Å². The molecule has 0 bridgehead atoms. The van der Waals surface area contributed by atoms with Crippen LogP contribution in [0.4, 0.5) is 18.9 Å². The predicted octanol–water partition coefficient (Wildman–Crippen LogP) is 2.59. The van der Waals surface area contributed by atoms with Crippen molar-refractivity contribution >= 4 is 11.7 Å². The fraction of sp³-hybridized carbons (Fsp3) is 0.250. The fourth-order valence-corrected chi connectivity index (χ4v) is 1.27. The molecule has 0 radical (unpaired) electrons. The number of hydrogen-bond donors (Lipinski definition) is 2. The summed E-state index contributed by atoms with van der Waals surface area (Å²) in [5.41, 5.74) is -0.525. The van der Waals surface area contributed by atoms with Crippen molar-refractivity contribution in [1.82, 2.24) is 0 Å². The molecule has 0 fully saturated rings. The Morgan fingerprint density at radius 3 is 2.33 bits per heavy atom. The Balaban J connectivity index is 2.80. The van der Waals surface area contributed by atoms with Crippen molar-refractivity contribution in [2.45, 2.75) is 18.6 Å². The molecular weight excluding hydrogens is 247 g/mol. The van der Waals surface area contributed by atoms with E-state index in [9.17, 15) is 18.0 Å². The second-order valence-corrected chi connectivity index (χ2v) is 3.52. The van der Waals surface area contributed by atoms with Crippen molar-refractivity contribution in [3.05, 3.63) is 29.8 Å². The van der Waals surface area contributed by atoms with E-state index >= 15 is 0 Å². The van der Waals surface area contributed by atoms with E-state index in [0.717, 1.165) is 24.3 Å². The van der Waals surface area contributed by atoms with Crippen molar-refractivity contribution in [2.24, 2.45) is 0 Å². The zero-order valence-corrected chi connectivity index (χ0v) is 9.16. The number of hydrogen-bond acceptors (Lipinski definition) is 2. The summed E-state index contributed by atoms with van der Waals surface area (Å²) in [5.74, 6) is 1.02. The first-order chi connectivity index (χ1) is 8.34. The lowest BCUT2D eigenvalue weighted by atomic mass is 10.1. The Labute approximate surface area is 102 Å². The molecule has 0 saturated carbocycles. The number of carboxylic acid groups (broad SMARTS) is 1. The molecule has 0 aliphatic rings. The molecule has 0 saturated heterocycles. The van der Waals surface area contributed by atoms with Gasteiger partial charge in [0.2, 0.25) is 0 Å². The van der Waals surface area contributed by atoms with Gasteiger partial charge in [-0.05, 0) is 24.3 Å². The fourth-order valence-electron chi connectivity index (χ4n) is 1.27. The molecule has 2 N–H and O–H groups in total. The molecule has 0 amide bonds. The Morgan fingerprint density at radius 2 is 1.94 bits per heavy atom. The second-order valence-electron chi connectivity index (χ2n) is 3.52. The number of rotatable bonds is 4. The largest absolute Gasteiger partial charge is 0.480 e. The summed E-state index contributed by atoms with van der Waals surface area (Å²) in [6.45, 7) is 0. The van der Waals surface area contributed by atoms with Crippen LogP contribution in [0.3, 0.4) is 0 Å². The third kappa shape index (κ3) is 3.70. The van der Waals surface area contributed by atoms with Crippen LogP contribution in [0.5, 0.6) is 0 Å². The first kappa shape index (κ1) is 13.9. The molecule has 0 aliphatic carbocycles. The molecule has 0 aliphatic heterocycles. The molecule has 1 unspecified atom stereocenters. The molecule has 1 aromatic rings. The minimum atomic E-state index is -4.41. The van der Waals surface area contributed by atoms with Crippen molar-refractivity contribution in [2.75, 3.05) is 5.32 Å². The number of aliphatic carboxylic acids is 1. The lowest BCUT2D eigenvalue weighted by Crippen LogP contribution is -2.28. The van der Waals surface area contributed by atoms with Gasteiger partial charge in [0, 0.05) is 12.1 Å². The monoisotopic (exact) mass is 257 g/mol. The van der Waals surface area contributed by atoms with Gasteiger partial charge in [0.1, 0.15) is 6.04 Å². The van der Waals surface area contributed by atoms with E-state index in [2.05, 4.69) is 11.2 Å². The van der Waals surface area contributed by atoms with Crippen LogP contribution in [0, 0.1) is 12.3 Å². The molecule has 1 aromatic carbocycles. The van der Waals surface area contributed by atoms with Crippen LogP contribution in [0.25, 0.3) is 0 Å². The van der Waals surface area contributed by atoms with E-state index in [1.807, 2.05) is 0 Å². The van der Waals surface area contributed by atoms with Gasteiger partial charge in [-0.15, -0.1) is 12.3 Å². The SMILES string of the molecule is C#CCC(Nc1ccc(C(F)(F)F)cc1)C(=O)O. The van der Waals surface area contributed by atoms with E-state index in [0.29, 0.717) is 0 Å². The maximum atomic E-state index is 12.3. The quantitative estimate of drug-likeness (QED) is 0.815. The Bertz CT molecular complexity index is 460. The molecule has 0 heterocycles.